The number of nitrogens with zero attached hydrogens (tertiary/aromatic N) is 1. The molecule has 0 aromatic carbocycles. The standard InChI is InChI=1S/C16H19N3O4/c1-14(2)15(3)6-7-16(14,23-13(15)22)12(21)19-18-11(20)10-4-8-17-9-5-10/h4-5,8-9H,6-7H2,1-3H3,(H,18,20)(H,19,21). The molecule has 2 atom stereocenters. The van der Waals surface area contributed by atoms with Gasteiger partial charge in [0.2, 0.25) is 0 Å². The maximum atomic E-state index is 12.6. The summed E-state index contributed by atoms with van der Waals surface area (Å²) in [7, 11) is 0. The first-order valence-electron chi connectivity index (χ1n) is 7.49. The second kappa shape index (κ2) is 4.78. The zero-order valence-corrected chi connectivity index (χ0v) is 13.3. The minimum Gasteiger partial charge on any atom is -0.448 e. The van der Waals surface area contributed by atoms with Crippen molar-refractivity contribution in [1.82, 2.24) is 15.8 Å². The molecule has 1 aliphatic heterocycles. The molecular weight excluding hydrogens is 298 g/mol. The van der Waals surface area contributed by atoms with Crippen LogP contribution in [0.25, 0.3) is 0 Å². The van der Waals surface area contributed by atoms with Crippen molar-refractivity contribution in [3.05, 3.63) is 30.1 Å². The highest BCUT2D eigenvalue weighted by Gasteiger charge is 2.75. The van der Waals surface area contributed by atoms with Crippen LogP contribution in [0.3, 0.4) is 0 Å². The number of ether oxygens (including phenoxy) is 1. The lowest BCUT2D eigenvalue weighted by Gasteiger charge is -2.35. The van der Waals surface area contributed by atoms with Gasteiger partial charge in [-0.05, 0) is 31.9 Å². The van der Waals surface area contributed by atoms with Crippen LogP contribution in [0.15, 0.2) is 24.5 Å². The summed E-state index contributed by atoms with van der Waals surface area (Å²) in [4.78, 5) is 40.6. The third-order valence-electron chi connectivity index (χ3n) is 5.68. The minimum atomic E-state index is -1.25. The van der Waals surface area contributed by atoms with E-state index in [4.69, 9.17) is 4.74 Å². The third kappa shape index (κ3) is 1.89. The molecule has 1 aromatic rings. The predicted molar refractivity (Wildman–Crippen MR) is 79.8 cm³/mol. The Bertz CT molecular complexity index is 688. The van der Waals surface area contributed by atoms with Crippen LogP contribution in [-0.2, 0) is 14.3 Å². The average molecular weight is 317 g/mol. The summed E-state index contributed by atoms with van der Waals surface area (Å²) < 4.78 is 5.45. The van der Waals surface area contributed by atoms with Crippen molar-refractivity contribution in [2.24, 2.45) is 10.8 Å². The number of carbonyl (C=O) groups is 3. The molecule has 2 bridgehead atoms. The summed E-state index contributed by atoms with van der Waals surface area (Å²) in [6.45, 7) is 5.54. The monoisotopic (exact) mass is 317 g/mol. The van der Waals surface area contributed by atoms with Crippen molar-refractivity contribution >= 4 is 17.8 Å². The fourth-order valence-corrected chi connectivity index (χ4v) is 3.54. The van der Waals surface area contributed by atoms with Crippen LogP contribution in [0.4, 0.5) is 0 Å². The Hall–Kier alpha value is -2.44. The Labute approximate surface area is 133 Å². The summed E-state index contributed by atoms with van der Waals surface area (Å²) in [5, 5.41) is 0. The van der Waals surface area contributed by atoms with Gasteiger partial charge in [0.05, 0.1) is 5.41 Å². The number of pyridine rings is 1. The van der Waals surface area contributed by atoms with Crippen molar-refractivity contribution in [3.63, 3.8) is 0 Å². The van der Waals surface area contributed by atoms with Crippen LogP contribution < -0.4 is 10.9 Å². The normalized spacial score (nSPS) is 30.7. The number of carbonyl (C=O) groups excluding carboxylic acids is 3. The molecule has 23 heavy (non-hydrogen) atoms. The zero-order valence-electron chi connectivity index (χ0n) is 13.3. The second-order valence-electron chi connectivity index (χ2n) is 6.82. The van der Waals surface area contributed by atoms with E-state index in [9.17, 15) is 14.4 Å². The van der Waals surface area contributed by atoms with E-state index in [2.05, 4.69) is 15.8 Å². The fraction of sp³-hybridized carbons (Fsp3) is 0.500. The number of hydrogen-bond acceptors (Lipinski definition) is 5. The van der Waals surface area contributed by atoms with Gasteiger partial charge in [0.15, 0.2) is 5.60 Å². The molecule has 2 amide bonds. The van der Waals surface area contributed by atoms with Crippen LogP contribution in [0, 0.1) is 10.8 Å². The number of aromatic nitrogens is 1. The van der Waals surface area contributed by atoms with E-state index in [-0.39, 0.29) is 5.97 Å². The highest BCUT2D eigenvalue weighted by molar-refractivity contribution is 5.99. The summed E-state index contributed by atoms with van der Waals surface area (Å²) in [5.41, 5.74) is 2.55. The number of rotatable bonds is 2. The van der Waals surface area contributed by atoms with E-state index in [0.29, 0.717) is 18.4 Å². The molecule has 1 saturated heterocycles. The topological polar surface area (TPSA) is 97.4 Å². The molecule has 0 spiro atoms. The lowest BCUT2D eigenvalue weighted by atomic mass is 9.66. The van der Waals surface area contributed by atoms with E-state index in [1.807, 2.05) is 20.8 Å². The molecule has 3 rings (SSSR count). The van der Waals surface area contributed by atoms with Gasteiger partial charge in [-0.15, -0.1) is 0 Å². The van der Waals surface area contributed by atoms with E-state index < -0.39 is 28.2 Å². The molecule has 7 nitrogen and oxygen atoms in total. The lowest BCUT2D eigenvalue weighted by molar-refractivity contribution is -0.168. The fourth-order valence-electron chi connectivity index (χ4n) is 3.54. The maximum Gasteiger partial charge on any atom is 0.313 e. The van der Waals surface area contributed by atoms with Gasteiger partial charge >= 0.3 is 5.97 Å². The van der Waals surface area contributed by atoms with Gasteiger partial charge in [0.25, 0.3) is 11.8 Å². The first kappa shape index (κ1) is 15.5. The molecule has 1 saturated carbocycles. The molecule has 2 N–H and O–H groups in total. The number of hydrogen-bond donors (Lipinski definition) is 2. The van der Waals surface area contributed by atoms with Crippen molar-refractivity contribution in [2.75, 3.05) is 0 Å². The second-order valence-corrected chi connectivity index (χ2v) is 6.82. The van der Waals surface area contributed by atoms with Crippen LogP contribution >= 0.6 is 0 Å². The van der Waals surface area contributed by atoms with Crippen molar-refractivity contribution < 1.29 is 19.1 Å². The quantitative estimate of drug-likeness (QED) is 0.625. The average Bonchev–Trinajstić information content (AvgIpc) is 2.83. The molecular formula is C16H19N3O4. The zero-order chi connectivity index (χ0) is 16.9. The summed E-state index contributed by atoms with van der Waals surface area (Å²) in [6.07, 6.45) is 4.00. The molecule has 1 aromatic heterocycles. The molecule has 0 radical (unpaired) electrons. The number of hydrazine groups is 1. The largest absolute Gasteiger partial charge is 0.448 e. The smallest absolute Gasteiger partial charge is 0.313 e. The van der Waals surface area contributed by atoms with E-state index in [1.165, 1.54) is 24.5 Å². The highest BCUT2D eigenvalue weighted by Crippen LogP contribution is 2.65. The number of amides is 2. The molecule has 7 heteroatoms. The van der Waals surface area contributed by atoms with Gasteiger partial charge < -0.3 is 4.74 Å². The van der Waals surface area contributed by atoms with Gasteiger partial charge in [-0.25, -0.2) is 0 Å². The Morgan fingerprint density at radius 1 is 1.13 bits per heavy atom. The van der Waals surface area contributed by atoms with Gasteiger partial charge in [-0.1, -0.05) is 13.8 Å². The van der Waals surface area contributed by atoms with Crippen molar-refractivity contribution in [2.45, 2.75) is 39.2 Å². The molecule has 2 aliphatic rings. The molecule has 122 valence electrons. The van der Waals surface area contributed by atoms with E-state index in [1.54, 1.807) is 0 Å². The number of fused-ring (bicyclic) bond motifs is 2. The number of esters is 1. The Balaban J connectivity index is 1.74. The van der Waals surface area contributed by atoms with Gasteiger partial charge in [0.1, 0.15) is 0 Å². The number of nitrogens with one attached hydrogen (secondary N) is 2. The van der Waals surface area contributed by atoms with Crippen LogP contribution in [0.2, 0.25) is 0 Å². The van der Waals surface area contributed by atoms with Crippen LogP contribution in [0.5, 0.6) is 0 Å². The van der Waals surface area contributed by atoms with Crippen LogP contribution in [-0.4, -0.2) is 28.4 Å². The van der Waals surface area contributed by atoms with Crippen molar-refractivity contribution in [3.8, 4) is 0 Å². The van der Waals surface area contributed by atoms with Gasteiger partial charge in [0, 0.05) is 23.4 Å². The van der Waals surface area contributed by atoms with E-state index >= 15 is 0 Å². The van der Waals surface area contributed by atoms with Gasteiger partial charge in [-0.2, -0.15) is 0 Å². The Kier molecular flexibility index (Phi) is 3.21. The Morgan fingerprint density at radius 3 is 2.30 bits per heavy atom. The molecule has 2 fully saturated rings. The summed E-state index contributed by atoms with van der Waals surface area (Å²) >= 11 is 0. The van der Waals surface area contributed by atoms with Crippen LogP contribution in [0.1, 0.15) is 44.0 Å². The predicted octanol–water partition coefficient (Wildman–Crippen LogP) is 0.964. The lowest BCUT2D eigenvalue weighted by Crippen LogP contribution is -2.57. The minimum absolute atomic E-state index is 0.357. The van der Waals surface area contributed by atoms with Crippen molar-refractivity contribution in [1.29, 1.82) is 0 Å². The molecule has 2 unspecified atom stereocenters. The third-order valence-corrected chi connectivity index (χ3v) is 5.68. The summed E-state index contributed by atoms with van der Waals surface area (Å²) in [5.74, 6) is -1.32. The molecule has 1 aliphatic carbocycles. The SMILES string of the molecule is CC12CCC(C(=O)NNC(=O)c3ccncc3)(OC1=O)C2(C)C. The Morgan fingerprint density at radius 2 is 1.78 bits per heavy atom. The first-order chi connectivity index (χ1) is 10.7. The maximum absolute atomic E-state index is 12.6. The molecule has 2 heterocycles. The first-order valence-corrected chi connectivity index (χ1v) is 7.49. The van der Waals surface area contributed by atoms with E-state index in [0.717, 1.165) is 0 Å². The van der Waals surface area contributed by atoms with Gasteiger partial charge in [-0.3, -0.25) is 30.2 Å². The highest BCUT2D eigenvalue weighted by atomic mass is 16.6. The summed E-state index contributed by atoms with van der Waals surface area (Å²) in [6, 6.07) is 3.07.